The van der Waals surface area contributed by atoms with E-state index in [1.165, 1.54) is 9.80 Å². The largest absolute Gasteiger partial charge is 0.497 e. The SMILES string of the molecule is COc1ccc(CCNC(=O)[C@H]2CN(C(=O)c3ccc(C(=O)N4C[C@H](C(=O)NCCc5ccc(C)cc5)[C@@H](C(=O)NCCc5ccc(C)cc5)C4)cc3)C[C@@H]2C(=O)NCCc2ccc(OC)cc2)cc1. The quantitative estimate of drug-likeness (QED) is 0.0831. The second kappa shape index (κ2) is 24.2. The Balaban J connectivity index is 0.992. The third-order valence-electron chi connectivity index (χ3n) is 13.4. The Kier molecular flexibility index (Phi) is 17.4. The van der Waals surface area contributed by atoms with Crippen LogP contribution in [0.25, 0.3) is 0 Å². The zero-order valence-electron chi connectivity index (χ0n) is 40.5. The van der Waals surface area contributed by atoms with E-state index in [0.717, 1.165) is 44.9 Å². The van der Waals surface area contributed by atoms with Gasteiger partial charge in [-0.2, -0.15) is 0 Å². The molecule has 0 spiro atoms. The van der Waals surface area contributed by atoms with E-state index < -0.39 is 23.7 Å². The Bertz CT molecular complexity index is 2440. The standard InChI is InChI=1S/C56H64N6O8/c1-37-5-9-39(10-6-37)25-29-57-51(63)47-33-61(34-48(47)52(64)58-30-26-40-11-7-38(2)8-12-40)55(67)43-17-19-44(20-18-43)56(68)62-35-49(53(65)59-31-27-41-13-21-45(69-3)22-14-41)50(36-62)54(66)60-32-28-42-15-23-46(70-4)24-16-42/h5-24,47-50H,25-36H2,1-4H3,(H,57,63)(H,58,64)(H,59,65)(H,60,66)/t47-,48-,49-,50-/m0/s1. The lowest BCUT2D eigenvalue weighted by Crippen LogP contribution is -2.42. The summed E-state index contributed by atoms with van der Waals surface area (Å²) in [7, 11) is 3.20. The maximum absolute atomic E-state index is 14.1. The molecule has 0 saturated carbocycles. The number of carbonyl (C=O) groups is 6. The zero-order chi connectivity index (χ0) is 49.6. The van der Waals surface area contributed by atoms with Crippen molar-refractivity contribution in [2.24, 2.45) is 23.7 Å². The number of benzene rings is 5. The number of likely N-dealkylation sites (tertiary alicyclic amines) is 2. The van der Waals surface area contributed by atoms with Gasteiger partial charge in [0.05, 0.1) is 37.9 Å². The van der Waals surface area contributed by atoms with Gasteiger partial charge in [-0.1, -0.05) is 83.9 Å². The fourth-order valence-electron chi connectivity index (χ4n) is 9.06. The first kappa shape index (κ1) is 50.4. The number of amides is 6. The Morgan fingerprint density at radius 3 is 0.886 bits per heavy atom. The second-order valence-electron chi connectivity index (χ2n) is 18.3. The van der Waals surface area contributed by atoms with Crippen LogP contribution in [0.2, 0.25) is 0 Å². The highest BCUT2D eigenvalue weighted by Gasteiger charge is 2.45. The van der Waals surface area contributed by atoms with Crippen LogP contribution in [-0.2, 0) is 44.9 Å². The molecule has 2 aliphatic heterocycles. The van der Waals surface area contributed by atoms with Crippen molar-refractivity contribution in [2.75, 3.05) is 66.6 Å². The van der Waals surface area contributed by atoms with Gasteiger partial charge in [-0.05, 0) is 110 Å². The van der Waals surface area contributed by atoms with Crippen molar-refractivity contribution in [3.63, 3.8) is 0 Å². The third-order valence-corrected chi connectivity index (χ3v) is 13.4. The molecule has 2 aliphatic rings. The lowest BCUT2D eigenvalue weighted by molar-refractivity contribution is -0.132. The molecule has 2 fully saturated rings. The van der Waals surface area contributed by atoms with Gasteiger partial charge in [-0.25, -0.2) is 0 Å². The number of methoxy groups -OCH3 is 2. The molecule has 366 valence electrons. The van der Waals surface area contributed by atoms with Crippen molar-refractivity contribution in [2.45, 2.75) is 39.5 Å². The molecule has 0 radical (unpaired) electrons. The van der Waals surface area contributed by atoms with E-state index in [1.807, 2.05) is 111 Å². The minimum Gasteiger partial charge on any atom is -0.497 e. The molecule has 2 heterocycles. The predicted octanol–water partition coefficient (Wildman–Crippen LogP) is 5.13. The topological polar surface area (TPSA) is 175 Å². The third kappa shape index (κ3) is 13.4. The molecule has 2 saturated heterocycles. The molecular weight excluding hydrogens is 885 g/mol. The summed E-state index contributed by atoms with van der Waals surface area (Å²) < 4.78 is 10.5. The summed E-state index contributed by atoms with van der Waals surface area (Å²) >= 11 is 0. The van der Waals surface area contributed by atoms with Crippen LogP contribution in [0.3, 0.4) is 0 Å². The molecule has 6 amide bonds. The summed E-state index contributed by atoms with van der Waals surface area (Å²) in [5.41, 5.74) is 7.04. The van der Waals surface area contributed by atoms with Crippen LogP contribution in [0, 0.1) is 37.5 Å². The number of rotatable bonds is 20. The van der Waals surface area contributed by atoms with Crippen LogP contribution in [-0.4, -0.2) is 112 Å². The monoisotopic (exact) mass is 948 g/mol. The molecule has 0 unspecified atom stereocenters. The highest BCUT2D eigenvalue weighted by molar-refractivity contribution is 6.00. The van der Waals surface area contributed by atoms with Gasteiger partial charge in [0.15, 0.2) is 0 Å². The van der Waals surface area contributed by atoms with Gasteiger partial charge in [-0.3, -0.25) is 28.8 Å². The zero-order valence-corrected chi connectivity index (χ0v) is 40.5. The highest BCUT2D eigenvalue weighted by Crippen LogP contribution is 2.28. The van der Waals surface area contributed by atoms with Crippen LogP contribution in [0.5, 0.6) is 11.5 Å². The van der Waals surface area contributed by atoms with E-state index in [4.69, 9.17) is 9.47 Å². The molecule has 7 rings (SSSR count). The summed E-state index contributed by atoms with van der Waals surface area (Å²) in [5.74, 6) is -3.62. The average Bonchev–Trinajstić information content (AvgIpc) is 4.05. The molecular formula is C56H64N6O8. The van der Waals surface area contributed by atoms with E-state index in [2.05, 4.69) is 21.3 Å². The molecule has 0 bridgehead atoms. The molecule has 14 heteroatoms. The van der Waals surface area contributed by atoms with Crippen molar-refractivity contribution in [1.29, 1.82) is 0 Å². The predicted molar refractivity (Wildman–Crippen MR) is 267 cm³/mol. The van der Waals surface area contributed by atoms with Crippen LogP contribution < -0.4 is 30.7 Å². The first-order chi connectivity index (χ1) is 33.9. The molecule has 70 heavy (non-hydrogen) atoms. The van der Waals surface area contributed by atoms with Gasteiger partial charge in [-0.15, -0.1) is 0 Å². The Labute approximate surface area is 410 Å². The van der Waals surface area contributed by atoms with Crippen molar-refractivity contribution in [1.82, 2.24) is 31.1 Å². The van der Waals surface area contributed by atoms with Gasteiger partial charge < -0.3 is 40.5 Å². The Morgan fingerprint density at radius 2 is 0.643 bits per heavy atom. The smallest absolute Gasteiger partial charge is 0.253 e. The first-order valence-electron chi connectivity index (χ1n) is 24.1. The number of nitrogens with zero attached hydrogens (tertiary/aromatic N) is 2. The average molecular weight is 949 g/mol. The number of hydrogen-bond donors (Lipinski definition) is 4. The summed E-state index contributed by atoms with van der Waals surface area (Å²) in [6, 6.07) is 37.6. The molecule has 14 nitrogen and oxygen atoms in total. The number of ether oxygens (including phenoxy) is 2. The van der Waals surface area contributed by atoms with Crippen LogP contribution in [0.4, 0.5) is 0 Å². The molecule has 5 aromatic carbocycles. The Hall–Kier alpha value is -7.48. The normalized spacial score (nSPS) is 17.4. The molecule has 0 aromatic heterocycles. The molecule has 0 aliphatic carbocycles. The van der Waals surface area contributed by atoms with E-state index in [-0.39, 0.29) is 67.2 Å². The van der Waals surface area contributed by atoms with Gasteiger partial charge in [0.1, 0.15) is 11.5 Å². The summed E-state index contributed by atoms with van der Waals surface area (Å²) in [5, 5.41) is 12.0. The fraction of sp³-hybridized carbons (Fsp3) is 0.357. The molecule has 5 aromatic rings. The van der Waals surface area contributed by atoms with Crippen molar-refractivity contribution < 1.29 is 38.2 Å². The van der Waals surface area contributed by atoms with Gasteiger partial charge in [0, 0.05) is 63.5 Å². The van der Waals surface area contributed by atoms with Crippen molar-refractivity contribution >= 4 is 35.4 Å². The van der Waals surface area contributed by atoms with Gasteiger partial charge in [0.25, 0.3) is 11.8 Å². The maximum Gasteiger partial charge on any atom is 0.253 e. The highest BCUT2D eigenvalue weighted by atomic mass is 16.5. The number of nitrogens with one attached hydrogen (secondary N) is 4. The summed E-state index contributed by atoms with van der Waals surface area (Å²) in [6.07, 6.45) is 2.37. The minimum absolute atomic E-state index is 0.0289. The second-order valence-corrected chi connectivity index (χ2v) is 18.3. The first-order valence-corrected chi connectivity index (χ1v) is 24.1. The fourth-order valence-corrected chi connectivity index (χ4v) is 9.06. The lowest BCUT2D eigenvalue weighted by Gasteiger charge is -2.18. The van der Waals surface area contributed by atoms with E-state index in [1.54, 1.807) is 38.5 Å². The van der Waals surface area contributed by atoms with Crippen molar-refractivity contribution in [3.8, 4) is 11.5 Å². The number of aryl methyl sites for hydroxylation is 2. The number of carbonyl (C=O) groups excluding carboxylic acids is 6. The lowest BCUT2D eigenvalue weighted by atomic mass is 9.94. The van der Waals surface area contributed by atoms with Gasteiger partial charge in [0.2, 0.25) is 23.6 Å². The van der Waals surface area contributed by atoms with Crippen LogP contribution in [0.15, 0.2) is 121 Å². The van der Waals surface area contributed by atoms with E-state index in [9.17, 15) is 28.8 Å². The van der Waals surface area contributed by atoms with Gasteiger partial charge >= 0.3 is 0 Å². The van der Waals surface area contributed by atoms with Crippen LogP contribution >= 0.6 is 0 Å². The summed E-state index contributed by atoms with van der Waals surface area (Å²) in [6.45, 7) is 5.63. The van der Waals surface area contributed by atoms with E-state index in [0.29, 0.717) is 57.4 Å². The van der Waals surface area contributed by atoms with Crippen LogP contribution in [0.1, 0.15) is 54.1 Å². The maximum atomic E-state index is 14.1. The minimum atomic E-state index is -0.794. The van der Waals surface area contributed by atoms with Crippen molar-refractivity contribution in [3.05, 3.63) is 166 Å². The summed E-state index contributed by atoms with van der Waals surface area (Å²) in [4.78, 5) is 86.3. The van der Waals surface area contributed by atoms with E-state index >= 15 is 0 Å². The molecule has 4 N–H and O–H groups in total. The number of hydrogen-bond acceptors (Lipinski definition) is 8. The Morgan fingerprint density at radius 1 is 0.400 bits per heavy atom. The molecule has 4 atom stereocenters.